The average Bonchev–Trinajstić information content (AvgIpc) is 3.19. The molecule has 170 valence electrons. The van der Waals surface area contributed by atoms with Gasteiger partial charge in [0.15, 0.2) is 0 Å². The zero-order valence-corrected chi connectivity index (χ0v) is 18.3. The molecule has 0 unspecified atom stereocenters. The van der Waals surface area contributed by atoms with Crippen LogP contribution in [0, 0.1) is 21.8 Å². The quantitative estimate of drug-likeness (QED) is 0.372. The highest BCUT2D eigenvalue weighted by Gasteiger charge is 2.29. The number of unbranched alkanes of at least 4 members (excludes halogenated alkanes) is 1. The topological polar surface area (TPSA) is 105 Å². The fourth-order valence-electron chi connectivity index (χ4n) is 3.57. The Bertz CT molecular complexity index is 1240. The van der Waals surface area contributed by atoms with Crippen LogP contribution in [0.15, 0.2) is 46.2 Å². The predicted octanol–water partition coefficient (Wildman–Crippen LogP) is 3.43. The number of benzene rings is 1. The number of hydrogen-bond donors (Lipinski definition) is 0. The van der Waals surface area contributed by atoms with Gasteiger partial charge in [-0.3, -0.25) is 28.7 Å². The minimum absolute atomic E-state index is 0.0472. The molecule has 3 aromatic rings. The molecule has 0 saturated carbocycles. The molecule has 0 aliphatic heterocycles. The highest BCUT2D eigenvalue weighted by Crippen LogP contribution is 2.26. The van der Waals surface area contributed by atoms with Gasteiger partial charge in [-0.05, 0) is 18.4 Å². The molecule has 0 spiro atoms. The van der Waals surface area contributed by atoms with Crippen LogP contribution in [0.1, 0.15) is 39.2 Å². The number of halogens is 1. The van der Waals surface area contributed by atoms with Crippen LogP contribution >= 0.6 is 0 Å². The molecule has 2 aromatic heterocycles. The molecule has 0 saturated heterocycles. The SMILES string of the molecule is CCCCn1c(-c2cnn(Cc3ccccc3F)c2)c([N+](=O)[O-])c(=O)n(CC(C)C)c1=O. The molecule has 0 amide bonds. The molecule has 0 atom stereocenters. The van der Waals surface area contributed by atoms with Crippen molar-refractivity contribution in [3.63, 3.8) is 0 Å². The van der Waals surface area contributed by atoms with Crippen molar-refractivity contribution in [1.29, 1.82) is 0 Å². The maximum absolute atomic E-state index is 14.0. The Morgan fingerprint density at radius 1 is 1.19 bits per heavy atom. The molecule has 9 nitrogen and oxygen atoms in total. The second-order valence-electron chi connectivity index (χ2n) is 8.07. The van der Waals surface area contributed by atoms with Crippen LogP contribution in [0.2, 0.25) is 0 Å². The zero-order valence-electron chi connectivity index (χ0n) is 18.3. The van der Waals surface area contributed by atoms with Crippen molar-refractivity contribution < 1.29 is 9.31 Å². The standard InChI is InChI=1S/C22H26FN5O4/c1-4-5-10-26-19(20(28(31)32)21(29)27(22(26)30)12-15(2)3)17-11-24-25(14-17)13-16-8-6-7-9-18(16)23/h6-9,11,14-15H,4-5,10,12-13H2,1-3H3. The Labute approximate surface area is 183 Å². The van der Waals surface area contributed by atoms with E-state index in [4.69, 9.17) is 0 Å². The maximum atomic E-state index is 14.0. The van der Waals surface area contributed by atoms with Crippen molar-refractivity contribution in [3.05, 3.63) is 79.0 Å². The van der Waals surface area contributed by atoms with Gasteiger partial charge in [0.2, 0.25) is 0 Å². The van der Waals surface area contributed by atoms with E-state index in [2.05, 4.69) is 5.10 Å². The van der Waals surface area contributed by atoms with E-state index in [1.165, 1.54) is 27.7 Å². The molecule has 0 bridgehead atoms. The summed E-state index contributed by atoms with van der Waals surface area (Å²) in [5.41, 5.74) is -1.59. The van der Waals surface area contributed by atoms with Crippen molar-refractivity contribution in [2.45, 2.75) is 53.2 Å². The van der Waals surface area contributed by atoms with Crippen LogP contribution in [0.25, 0.3) is 11.3 Å². The summed E-state index contributed by atoms with van der Waals surface area (Å²) >= 11 is 0. The van der Waals surface area contributed by atoms with E-state index in [0.29, 0.717) is 12.0 Å². The molecule has 0 fully saturated rings. The van der Waals surface area contributed by atoms with Gasteiger partial charge < -0.3 is 0 Å². The Morgan fingerprint density at radius 3 is 2.53 bits per heavy atom. The van der Waals surface area contributed by atoms with Crippen LogP contribution in [0.5, 0.6) is 0 Å². The van der Waals surface area contributed by atoms with E-state index >= 15 is 0 Å². The zero-order chi connectivity index (χ0) is 23.4. The average molecular weight is 443 g/mol. The molecule has 1 aromatic carbocycles. The smallest absolute Gasteiger partial charge is 0.287 e. The summed E-state index contributed by atoms with van der Waals surface area (Å²) in [5.74, 6) is -0.444. The van der Waals surface area contributed by atoms with Gasteiger partial charge in [-0.2, -0.15) is 5.10 Å². The normalized spacial score (nSPS) is 11.3. The monoisotopic (exact) mass is 443 g/mol. The van der Waals surface area contributed by atoms with Crippen molar-refractivity contribution in [3.8, 4) is 11.3 Å². The molecule has 10 heteroatoms. The molecule has 0 N–H and O–H groups in total. The molecular formula is C22H26FN5O4. The summed E-state index contributed by atoms with van der Waals surface area (Å²) in [6.45, 7) is 6.00. The lowest BCUT2D eigenvalue weighted by molar-refractivity contribution is -0.386. The van der Waals surface area contributed by atoms with Crippen molar-refractivity contribution in [1.82, 2.24) is 18.9 Å². The highest BCUT2D eigenvalue weighted by molar-refractivity contribution is 5.68. The minimum atomic E-state index is -0.932. The number of nitro groups is 1. The van der Waals surface area contributed by atoms with Crippen molar-refractivity contribution in [2.75, 3.05) is 0 Å². The van der Waals surface area contributed by atoms with E-state index in [1.54, 1.807) is 18.2 Å². The molecule has 0 aliphatic rings. The van der Waals surface area contributed by atoms with E-state index in [1.807, 2.05) is 20.8 Å². The second-order valence-corrected chi connectivity index (χ2v) is 8.07. The van der Waals surface area contributed by atoms with Crippen LogP contribution in [0.4, 0.5) is 10.1 Å². The Balaban J connectivity index is 2.19. The number of aromatic nitrogens is 4. The first-order valence-electron chi connectivity index (χ1n) is 10.5. The number of nitrogens with zero attached hydrogens (tertiary/aromatic N) is 5. The van der Waals surface area contributed by atoms with Gasteiger partial charge in [-0.25, -0.2) is 9.18 Å². The van der Waals surface area contributed by atoms with Crippen LogP contribution in [-0.4, -0.2) is 23.8 Å². The molecule has 32 heavy (non-hydrogen) atoms. The molecule has 3 rings (SSSR count). The second kappa shape index (κ2) is 9.71. The van der Waals surface area contributed by atoms with Gasteiger partial charge in [-0.1, -0.05) is 45.4 Å². The summed E-state index contributed by atoms with van der Waals surface area (Å²) in [6, 6.07) is 6.23. The lowest BCUT2D eigenvalue weighted by Gasteiger charge is -2.16. The highest BCUT2D eigenvalue weighted by atomic mass is 19.1. The van der Waals surface area contributed by atoms with Crippen LogP contribution < -0.4 is 11.2 Å². The van der Waals surface area contributed by atoms with Gasteiger partial charge in [0.05, 0.1) is 17.7 Å². The lowest BCUT2D eigenvalue weighted by Crippen LogP contribution is -2.42. The van der Waals surface area contributed by atoms with Gasteiger partial charge >= 0.3 is 16.9 Å². The van der Waals surface area contributed by atoms with Gasteiger partial charge in [-0.15, -0.1) is 0 Å². The fourth-order valence-corrected chi connectivity index (χ4v) is 3.57. The molecule has 0 radical (unpaired) electrons. The van der Waals surface area contributed by atoms with Crippen LogP contribution in [-0.2, 0) is 19.6 Å². The summed E-state index contributed by atoms with van der Waals surface area (Å²) in [5, 5.41) is 16.1. The van der Waals surface area contributed by atoms with Crippen LogP contribution in [0.3, 0.4) is 0 Å². The largest absolute Gasteiger partial charge is 0.358 e. The summed E-state index contributed by atoms with van der Waals surface area (Å²) in [7, 11) is 0. The minimum Gasteiger partial charge on any atom is -0.287 e. The van der Waals surface area contributed by atoms with Gasteiger partial charge in [0.25, 0.3) is 0 Å². The Kier molecular flexibility index (Phi) is 7.01. The lowest BCUT2D eigenvalue weighted by atomic mass is 10.1. The summed E-state index contributed by atoms with van der Waals surface area (Å²) < 4.78 is 17.7. The molecular weight excluding hydrogens is 417 g/mol. The maximum Gasteiger partial charge on any atom is 0.358 e. The summed E-state index contributed by atoms with van der Waals surface area (Å²) in [4.78, 5) is 37.3. The number of hydrogen-bond acceptors (Lipinski definition) is 5. The third-order valence-electron chi connectivity index (χ3n) is 5.07. The number of rotatable bonds is 9. The Morgan fingerprint density at radius 2 is 1.91 bits per heavy atom. The van der Waals surface area contributed by atoms with E-state index in [0.717, 1.165) is 11.0 Å². The first-order chi connectivity index (χ1) is 15.2. The van der Waals surface area contributed by atoms with E-state index in [9.17, 15) is 24.1 Å². The van der Waals surface area contributed by atoms with Crippen molar-refractivity contribution >= 4 is 5.69 Å². The van der Waals surface area contributed by atoms with E-state index in [-0.39, 0.29) is 36.8 Å². The van der Waals surface area contributed by atoms with Gasteiger partial charge in [0, 0.05) is 30.4 Å². The first kappa shape index (κ1) is 23.1. The van der Waals surface area contributed by atoms with Gasteiger partial charge in [0.1, 0.15) is 11.5 Å². The summed E-state index contributed by atoms with van der Waals surface area (Å²) in [6.07, 6.45) is 4.21. The van der Waals surface area contributed by atoms with E-state index < -0.39 is 27.7 Å². The first-order valence-corrected chi connectivity index (χ1v) is 10.5. The Hall–Kier alpha value is -3.56. The molecule has 0 aliphatic carbocycles. The van der Waals surface area contributed by atoms with Crippen molar-refractivity contribution in [2.24, 2.45) is 5.92 Å². The third-order valence-corrected chi connectivity index (χ3v) is 5.07. The third kappa shape index (κ3) is 4.68. The fraction of sp³-hybridized carbons (Fsp3) is 0.409. The molecule has 2 heterocycles. The predicted molar refractivity (Wildman–Crippen MR) is 118 cm³/mol.